The maximum Gasteiger partial charge on any atom is 0.124 e. The van der Waals surface area contributed by atoms with Gasteiger partial charge < -0.3 is 4.74 Å². The predicted molar refractivity (Wildman–Crippen MR) is 77.9 cm³/mol. The molecule has 2 heterocycles. The van der Waals surface area contributed by atoms with E-state index < -0.39 is 0 Å². The zero-order chi connectivity index (χ0) is 13.2. The van der Waals surface area contributed by atoms with E-state index >= 15 is 0 Å². The molecule has 0 aromatic heterocycles. The number of rotatable bonds is 3. The highest BCUT2D eigenvalue weighted by Crippen LogP contribution is 2.29. The van der Waals surface area contributed by atoms with Gasteiger partial charge in [-0.1, -0.05) is 17.7 Å². The lowest BCUT2D eigenvalue weighted by Gasteiger charge is -2.37. The third-order valence-electron chi connectivity index (χ3n) is 4.35. The molecule has 0 spiro atoms. The van der Waals surface area contributed by atoms with Crippen LogP contribution in [0.2, 0.25) is 5.02 Å². The molecule has 1 unspecified atom stereocenters. The molecule has 4 heteroatoms. The Morgan fingerprint density at radius 3 is 3.05 bits per heavy atom. The molecule has 2 aliphatic heterocycles. The Morgan fingerprint density at radius 2 is 2.21 bits per heavy atom. The van der Waals surface area contributed by atoms with Crippen molar-refractivity contribution in [3.8, 4) is 5.75 Å². The summed E-state index contributed by atoms with van der Waals surface area (Å²) in [6.07, 6.45) is 2.70. The van der Waals surface area contributed by atoms with Crippen LogP contribution < -0.4 is 4.74 Å². The quantitative estimate of drug-likeness (QED) is 0.847. The van der Waals surface area contributed by atoms with Gasteiger partial charge in [-0.2, -0.15) is 0 Å². The van der Waals surface area contributed by atoms with Gasteiger partial charge in [-0.05, 0) is 31.5 Å². The van der Waals surface area contributed by atoms with Crippen LogP contribution in [0.3, 0.4) is 0 Å². The lowest BCUT2D eigenvalue weighted by molar-refractivity contribution is 0.0987. The van der Waals surface area contributed by atoms with E-state index in [1.807, 2.05) is 18.2 Å². The molecular weight excluding hydrogens is 260 g/mol. The van der Waals surface area contributed by atoms with Crippen LogP contribution in [-0.4, -0.2) is 49.1 Å². The van der Waals surface area contributed by atoms with E-state index in [0.29, 0.717) is 0 Å². The number of ether oxygens (including phenoxy) is 1. The summed E-state index contributed by atoms with van der Waals surface area (Å²) >= 11 is 6.32. The van der Waals surface area contributed by atoms with Gasteiger partial charge in [0.2, 0.25) is 0 Å². The standard InChI is InChI=1S/C15H21ClN2O/c1-19-15-6-2-5-14(16)13(15)11-17-8-9-18-7-3-4-12(18)10-17/h2,5-6,12H,3-4,7-11H2,1H3. The second-order valence-electron chi connectivity index (χ2n) is 5.49. The summed E-state index contributed by atoms with van der Waals surface area (Å²) < 4.78 is 5.43. The first-order valence-electron chi connectivity index (χ1n) is 7.05. The minimum atomic E-state index is 0.752. The van der Waals surface area contributed by atoms with Crippen molar-refractivity contribution in [2.45, 2.75) is 25.4 Å². The van der Waals surface area contributed by atoms with Gasteiger partial charge >= 0.3 is 0 Å². The number of halogens is 1. The third kappa shape index (κ3) is 2.73. The molecule has 2 saturated heterocycles. The van der Waals surface area contributed by atoms with Crippen molar-refractivity contribution in [3.05, 3.63) is 28.8 Å². The number of hydrogen-bond donors (Lipinski definition) is 0. The van der Waals surface area contributed by atoms with Crippen molar-refractivity contribution in [2.75, 3.05) is 33.3 Å². The van der Waals surface area contributed by atoms with E-state index in [1.54, 1.807) is 7.11 Å². The SMILES string of the molecule is COc1cccc(Cl)c1CN1CCN2CCCC2C1. The van der Waals surface area contributed by atoms with Crippen molar-refractivity contribution in [3.63, 3.8) is 0 Å². The van der Waals surface area contributed by atoms with E-state index in [1.165, 1.54) is 25.9 Å². The van der Waals surface area contributed by atoms with Crippen molar-refractivity contribution < 1.29 is 4.74 Å². The largest absolute Gasteiger partial charge is 0.496 e. The molecule has 0 bridgehead atoms. The summed E-state index contributed by atoms with van der Waals surface area (Å²) in [6.45, 7) is 5.66. The monoisotopic (exact) mass is 280 g/mol. The van der Waals surface area contributed by atoms with Gasteiger partial charge in [-0.25, -0.2) is 0 Å². The zero-order valence-corrected chi connectivity index (χ0v) is 12.2. The van der Waals surface area contributed by atoms with Crippen molar-refractivity contribution in [2.24, 2.45) is 0 Å². The first-order chi connectivity index (χ1) is 9.28. The fourth-order valence-corrected chi connectivity index (χ4v) is 3.53. The Kier molecular flexibility index (Phi) is 3.96. The molecule has 19 heavy (non-hydrogen) atoms. The second kappa shape index (κ2) is 5.70. The van der Waals surface area contributed by atoms with Crippen LogP contribution in [0.1, 0.15) is 18.4 Å². The van der Waals surface area contributed by atoms with Crippen LogP contribution in [0, 0.1) is 0 Å². The fraction of sp³-hybridized carbons (Fsp3) is 0.600. The minimum absolute atomic E-state index is 0.752. The van der Waals surface area contributed by atoms with Gasteiger partial charge in [0.05, 0.1) is 7.11 Å². The Hall–Kier alpha value is -0.770. The number of nitrogens with zero attached hydrogens (tertiary/aromatic N) is 2. The first-order valence-corrected chi connectivity index (χ1v) is 7.43. The smallest absolute Gasteiger partial charge is 0.124 e. The van der Waals surface area contributed by atoms with Crippen molar-refractivity contribution in [1.82, 2.24) is 9.80 Å². The van der Waals surface area contributed by atoms with Crippen LogP contribution in [0.5, 0.6) is 5.75 Å². The highest BCUT2D eigenvalue weighted by molar-refractivity contribution is 6.31. The number of benzene rings is 1. The van der Waals surface area contributed by atoms with Crippen LogP contribution in [-0.2, 0) is 6.54 Å². The topological polar surface area (TPSA) is 15.7 Å². The van der Waals surface area contributed by atoms with Gasteiger partial charge in [0.25, 0.3) is 0 Å². The zero-order valence-electron chi connectivity index (χ0n) is 11.4. The van der Waals surface area contributed by atoms with Gasteiger partial charge in [0, 0.05) is 42.8 Å². The molecule has 2 fully saturated rings. The normalized spacial score (nSPS) is 24.4. The molecule has 2 aliphatic rings. The number of hydrogen-bond acceptors (Lipinski definition) is 3. The molecule has 0 N–H and O–H groups in total. The summed E-state index contributed by atoms with van der Waals surface area (Å²) in [5, 5.41) is 0.813. The molecule has 3 nitrogen and oxygen atoms in total. The molecule has 3 rings (SSSR count). The molecule has 1 atom stereocenters. The average molecular weight is 281 g/mol. The molecule has 1 aromatic rings. The summed E-state index contributed by atoms with van der Waals surface area (Å²) in [7, 11) is 1.71. The van der Waals surface area contributed by atoms with E-state index in [4.69, 9.17) is 16.3 Å². The highest BCUT2D eigenvalue weighted by Gasteiger charge is 2.30. The molecule has 104 valence electrons. The van der Waals surface area contributed by atoms with Gasteiger partial charge in [-0.15, -0.1) is 0 Å². The van der Waals surface area contributed by atoms with Crippen LogP contribution in [0.4, 0.5) is 0 Å². The minimum Gasteiger partial charge on any atom is -0.496 e. The number of methoxy groups -OCH3 is 1. The Bertz CT molecular complexity index is 452. The lowest BCUT2D eigenvalue weighted by atomic mass is 10.1. The highest BCUT2D eigenvalue weighted by atomic mass is 35.5. The summed E-state index contributed by atoms with van der Waals surface area (Å²) in [5.74, 6) is 0.904. The lowest BCUT2D eigenvalue weighted by Crippen LogP contribution is -2.49. The first kappa shape index (κ1) is 13.2. The maximum absolute atomic E-state index is 6.32. The van der Waals surface area contributed by atoms with Gasteiger partial charge in [0.1, 0.15) is 5.75 Å². The summed E-state index contributed by atoms with van der Waals surface area (Å²) in [4.78, 5) is 5.14. The molecule has 0 radical (unpaired) electrons. The van der Waals surface area contributed by atoms with Crippen LogP contribution in [0.25, 0.3) is 0 Å². The molecule has 0 amide bonds. The number of piperazine rings is 1. The van der Waals surface area contributed by atoms with Gasteiger partial charge in [0.15, 0.2) is 0 Å². The van der Waals surface area contributed by atoms with E-state index in [-0.39, 0.29) is 0 Å². The van der Waals surface area contributed by atoms with E-state index in [0.717, 1.165) is 42.0 Å². The molecular formula is C15H21ClN2O. The molecule has 0 aliphatic carbocycles. The Morgan fingerprint density at radius 1 is 1.32 bits per heavy atom. The second-order valence-corrected chi connectivity index (χ2v) is 5.89. The van der Waals surface area contributed by atoms with E-state index in [2.05, 4.69) is 9.80 Å². The molecule has 1 aromatic carbocycles. The number of fused-ring (bicyclic) bond motifs is 1. The average Bonchev–Trinajstić information content (AvgIpc) is 2.88. The fourth-order valence-electron chi connectivity index (χ4n) is 3.31. The van der Waals surface area contributed by atoms with Crippen molar-refractivity contribution >= 4 is 11.6 Å². The predicted octanol–water partition coefficient (Wildman–Crippen LogP) is 2.63. The molecule has 0 saturated carbocycles. The van der Waals surface area contributed by atoms with Crippen LogP contribution in [0.15, 0.2) is 18.2 Å². The Labute approximate surface area is 120 Å². The van der Waals surface area contributed by atoms with Gasteiger partial charge in [-0.3, -0.25) is 9.80 Å². The maximum atomic E-state index is 6.32. The van der Waals surface area contributed by atoms with E-state index in [9.17, 15) is 0 Å². The third-order valence-corrected chi connectivity index (χ3v) is 4.70. The summed E-state index contributed by atoms with van der Waals surface area (Å²) in [6, 6.07) is 6.64. The summed E-state index contributed by atoms with van der Waals surface area (Å²) in [5.41, 5.74) is 1.12. The van der Waals surface area contributed by atoms with Crippen LogP contribution >= 0.6 is 11.6 Å². The Balaban J connectivity index is 1.71. The van der Waals surface area contributed by atoms with Crippen molar-refractivity contribution in [1.29, 1.82) is 0 Å².